The Labute approximate surface area is 171 Å². The number of piperidine rings is 1. The third-order valence-electron chi connectivity index (χ3n) is 5.93. The van der Waals surface area contributed by atoms with Gasteiger partial charge in [-0.2, -0.15) is 5.26 Å². The molecule has 1 aliphatic rings. The third kappa shape index (κ3) is 4.83. The number of aromatic nitrogens is 2. The van der Waals surface area contributed by atoms with Crippen LogP contribution in [0.15, 0.2) is 48.5 Å². The lowest BCUT2D eigenvalue weighted by atomic mass is 9.93. The number of nitriles is 1. The molecule has 150 valence electrons. The maximum absolute atomic E-state index is 13.3. The van der Waals surface area contributed by atoms with Crippen molar-refractivity contribution < 1.29 is 4.39 Å². The SMILES string of the molecule is N#CCCCN1CCC(Cc2nc3ccccc3n2Cc2ccc(F)cc2)CC1. The van der Waals surface area contributed by atoms with Gasteiger partial charge < -0.3 is 9.47 Å². The van der Waals surface area contributed by atoms with E-state index < -0.39 is 0 Å². The quantitative estimate of drug-likeness (QED) is 0.545. The van der Waals surface area contributed by atoms with E-state index >= 15 is 0 Å². The Balaban J connectivity index is 1.47. The van der Waals surface area contributed by atoms with Crippen molar-refractivity contribution in [2.75, 3.05) is 19.6 Å². The van der Waals surface area contributed by atoms with Crippen LogP contribution in [0.4, 0.5) is 4.39 Å². The molecule has 1 saturated heterocycles. The van der Waals surface area contributed by atoms with Crippen LogP contribution in [-0.4, -0.2) is 34.1 Å². The first-order valence-electron chi connectivity index (χ1n) is 10.5. The van der Waals surface area contributed by atoms with Gasteiger partial charge in [0.25, 0.3) is 0 Å². The van der Waals surface area contributed by atoms with Gasteiger partial charge in [-0.3, -0.25) is 0 Å². The second-order valence-electron chi connectivity index (χ2n) is 7.98. The average molecular weight is 391 g/mol. The molecule has 3 aromatic rings. The van der Waals surface area contributed by atoms with Crippen molar-refractivity contribution in [1.82, 2.24) is 14.5 Å². The Morgan fingerprint density at radius 3 is 2.59 bits per heavy atom. The fourth-order valence-corrected chi connectivity index (χ4v) is 4.28. The molecule has 4 rings (SSSR count). The molecule has 1 aromatic heterocycles. The number of benzene rings is 2. The molecule has 0 amide bonds. The lowest BCUT2D eigenvalue weighted by molar-refractivity contribution is 0.181. The molecule has 0 spiro atoms. The first-order valence-corrected chi connectivity index (χ1v) is 10.5. The van der Waals surface area contributed by atoms with E-state index in [1.807, 2.05) is 18.2 Å². The van der Waals surface area contributed by atoms with Gasteiger partial charge in [-0.25, -0.2) is 9.37 Å². The number of hydrogen-bond donors (Lipinski definition) is 0. The Hall–Kier alpha value is -2.71. The molecule has 5 heteroatoms. The summed E-state index contributed by atoms with van der Waals surface area (Å²) in [6, 6.07) is 17.3. The Morgan fingerprint density at radius 2 is 1.83 bits per heavy atom. The number of imidazole rings is 1. The van der Waals surface area contributed by atoms with Crippen LogP contribution in [0.1, 0.15) is 37.1 Å². The fourth-order valence-electron chi connectivity index (χ4n) is 4.28. The van der Waals surface area contributed by atoms with Gasteiger partial charge >= 0.3 is 0 Å². The van der Waals surface area contributed by atoms with Crippen LogP contribution in [0, 0.1) is 23.1 Å². The molecular formula is C24H27FN4. The van der Waals surface area contributed by atoms with E-state index in [1.165, 1.54) is 25.0 Å². The second kappa shape index (κ2) is 9.19. The van der Waals surface area contributed by atoms with Crippen LogP contribution in [-0.2, 0) is 13.0 Å². The molecule has 4 nitrogen and oxygen atoms in total. The lowest BCUT2D eigenvalue weighted by Gasteiger charge is -2.31. The number of unbranched alkanes of at least 4 members (excludes halogenated alkanes) is 1. The highest BCUT2D eigenvalue weighted by atomic mass is 19.1. The standard InChI is InChI=1S/C24H27FN4/c25-21-9-7-20(8-10-21)18-29-23-6-2-1-5-22(23)27-24(29)17-19-11-15-28(16-12-19)14-4-3-13-26/h1-2,5-10,19H,3-4,11-12,14-18H2. The summed E-state index contributed by atoms with van der Waals surface area (Å²) in [5.41, 5.74) is 3.25. The van der Waals surface area contributed by atoms with Gasteiger partial charge in [0.1, 0.15) is 11.6 Å². The predicted octanol–water partition coefficient (Wildman–Crippen LogP) is 4.78. The molecule has 0 saturated carbocycles. The number of likely N-dealkylation sites (tertiary alicyclic amines) is 1. The van der Waals surface area contributed by atoms with Crippen molar-refractivity contribution in [2.45, 2.75) is 38.6 Å². The zero-order valence-corrected chi connectivity index (χ0v) is 16.7. The first-order chi connectivity index (χ1) is 14.2. The number of halogens is 1. The van der Waals surface area contributed by atoms with E-state index in [0.717, 1.165) is 54.9 Å². The molecule has 1 aliphatic heterocycles. The Kier molecular flexibility index (Phi) is 6.21. The number of nitrogens with zero attached hydrogens (tertiary/aromatic N) is 4. The van der Waals surface area contributed by atoms with Gasteiger partial charge in [0.2, 0.25) is 0 Å². The maximum atomic E-state index is 13.3. The molecule has 0 unspecified atom stereocenters. The summed E-state index contributed by atoms with van der Waals surface area (Å²) in [5.74, 6) is 1.55. The summed E-state index contributed by atoms with van der Waals surface area (Å²) in [4.78, 5) is 7.42. The Morgan fingerprint density at radius 1 is 1.07 bits per heavy atom. The molecule has 2 heterocycles. The topological polar surface area (TPSA) is 44.9 Å². The lowest BCUT2D eigenvalue weighted by Crippen LogP contribution is -2.35. The highest BCUT2D eigenvalue weighted by Gasteiger charge is 2.22. The van der Waals surface area contributed by atoms with Gasteiger partial charge in [-0.1, -0.05) is 24.3 Å². The van der Waals surface area contributed by atoms with E-state index in [2.05, 4.69) is 33.7 Å². The average Bonchev–Trinajstić information content (AvgIpc) is 3.08. The fraction of sp³-hybridized carbons (Fsp3) is 0.417. The molecule has 0 bridgehead atoms. The highest BCUT2D eigenvalue weighted by Crippen LogP contribution is 2.25. The molecule has 29 heavy (non-hydrogen) atoms. The van der Waals surface area contributed by atoms with Gasteiger partial charge in [0, 0.05) is 19.4 Å². The molecule has 1 fully saturated rings. The minimum atomic E-state index is -0.203. The monoisotopic (exact) mass is 390 g/mol. The molecule has 0 aliphatic carbocycles. The summed E-state index contributed by atoms with van der Waals surface area (Å²) in [6.07, 6.45) is 4.93. The maximum Gasteiger partial charge on any atom is 0.123 e. The van der Waals surface area contributed by atoms with Crippen molar-refractivity contribution in [3.63, 3.8) is 0 Å². The zero-order chi connectivity index (χ0) is 20.1. The number of fused-ring (bicyclic) bond motifs is 1. The zero-order valence-electron chi connectivity index (χ0n) is 16.7. The van der Waals surface area contributed by atoms with Crippen LogP contribution >= 0.6 is 0 Å². The summed E-state index contributed by atoms with van der Waals surface area (Å²) in [7, 11) is 0. The number of rotatable bonds is 7. The molecule has 0 radical (unpaired) electrons. The van der Waals surface area contributed by atoms with E-state index in [0.29, 0.717) is 18.9 Å². The van der Waals surface area contributed by atoms with Gasteiger partial charge in [-0.15, -0.1) is 0 Å². The third-order valence-corrected chi connectivity index (χ3v) is 5.93. The van der Waals surface area contributed by atoms with Crippen LogP contribution in [0.25, 0.3) is 11.0 Å². The number of para-hydroxylation sites is 2. The van der Waals surface area contributed by atoms with E-state index in [-0.39, 0.29) is 5.82 Å². The van der Waals surface area contributed by atoms with E-state index in [9.17, 15) is 4.39 Å². The molecule has 0 atom stereocenters. The van der Waals surface area contributed by atoms with Crippen LogP contribution in [0.5, 0.6) is 0 Å². The summed E-state index contributed by atoms with van der Waals surface area (Å²) in [6.45, 7) is 3.95. The molecular weight excluding hydrogens is 363 g/mol. The smallest absolute Gasteiger partial charge is 0.123 e. The molecule has 0 N–H and O–H groups in total. The van der Waals surface area contributed by atoms with Crippen molar-refractivity contribution in [1.29, 1.82) is 5.26 Å². The highest BCUT2D eigenvalue weighted by molar-refractivity contribution is 5.76. The first kappa shape index (κ1) is 19.6. The number of hydrogen-bond acceptors (Lipinski definition) is 3. The summed E-state index contributed by atoms with van der Waals surface area (Å²) in [5, 5.41) is 8.71. The van der Waals surface area contributed by atoms with E-state index in [4.69, 9.17) is 10.2 Å². The van der Waals surface area contributed by atoms with Gasteiger partial charge in [-0.05, 0) is 74.6 Å². The summed E-state index contributed by atoms with van der Waals surface area (Å²) < 4.78 is 15.6. The van der Waals surface area contributed by atoms with Crippen LogP contribution in [0.3, 0.4) is 0 Å². The van der Waals surface area contributed by atoms with Gasteiger partial charge in [0.15, 0.2) is 0 Å². The van der Waals surface area contributed by atoms with Crippen LogP contribution < -0.4 is 0 Å². The van der Waals surface area contributed by atoms with Crippen molar-refractivity contribution in [2.24, 2.45) is 5.92 Å². The minimum Gasteiger partial charge on any atom is -0.323 e. The van der Waals surface area contributed by atoms with Crippen LogP contribution in [0.2, 0.25) is 0 Å². The molecule has 2 aromatic carbocycles. The predicted molar refractivity (Wildman–Crippen MR) is 113 cm³/mol. The Bertz CT molecular complexity index is 978. The normalized spacial score (nSPS) is 15.6. The largest absolute Gasteiger partial charge is 0.323 e. The van der Waals surface area contributed by atoms with E-state index in [1.54, 1.807) is 0 Å². The summed E-state index contributed by atoms with van der Waals surface area (Å²) >= 11 is 0. The second-order valence-corrected chi connectivity index (χ2v) is 7.98. The minimum absolute atomic E-state index is 0.203. The van der Waals surface area contributed by atoms with Crippen molar-refractivity contribution >= 4 is 11.0 Å². The van der Waals surface area contributed by atoms with Crippen molar-refractivity contribution in [3.05, 3.63) is 65.7 Å². The van der Waals surface area contributed by atoms with Gasteiger partial charge in [0.05, 0.1) is 17.1 Å². The van der Waals surface area contributed by atoms with Crippen molar-refractivity contribution in [3.8, 4) is 6.07 Å².